The van der Waals surface area contributed by atoms with Crippen LogP contribution in [0.1, 0.15) is 108 Å². The van der Waals surface area contributed by atoms with Crippen molar-refractivity contribution in [2.24, 2.45) is 21.7 Å². The summed E-state index contributed by atoms with van der Waals surface area (Å²) in [6.07, 6.45) is 10.2. The molecule has 0 unspecified atom stereocenters. The number of esters is 1. The van der Waals surface area contributed by atoms with Crippen molar-refractivity contribution in [3.63, 3.8) is 0 Å². The number of guanidine groups is 2. The summed E-state index contributed by atoms with van der Waals surface area (Å²) in [7, 11) is 0. The van der Waals surface area contributed by atoms with Gasteiger partial charge < -0.3 is 37.5 Å². The predicted molar refractivity (Wildman–Crippen MR) is 183 cm³/mol. The Morgan fingerprint density at radius 1 is 0.673 bits per heavy atom. The second kappa shape index (κ2) is 27.0. The first kappa shape index (κ1) is 42.0. The largest absolute Gasteiger partial charge is 0.461 e. The molecule has 18 nitrogen and oxygen atoms in total. The normalized spacial score (nSPS) is 12.1. The van der Waals surface area contributed by atoms with E-state index < -0.39 is 22.2 Å². The number of carbonyl (C=O) groups excluding carboxylic acids is 3. The SMILES string of the molecule is N/C(=N\[N+](=O)[O-])NCCCCCCCCC(=O)NC(CCC(=O)OCc1ccccc1)NC(=O)CCCCCCCCN/C(N)=N/[N+](=O)[O-]. The standard InChI is InChI=1S/C31H52N10O8/c32-30(38-40(45)46)34-22-14-7-3-1-5-12-18-27(42)36-26(20-21-29(44)49-24-25-16-10-9-11-17-25)37-28(43)19-13-6-2-4-8-15-23-35-31(33)39-41(47)48/h9-11,16-17,26H,1-8,12-15,18-24H2,(H,36,42)(H,37,43)(H3,32,34,38)(H3,33,35,39). The van der Waals surface area contributed by atoms with Crippen molar-refractivity contribution in [2.45, 2.75) is 116 Å². The number of amides is 2. The minimum absolute atomic E-state index is 0.0227. The molecule has 1 aromatic carbocycles. The molecule has 0 fully saturated rings. The molecule has 1 rings (SSSR count). The number of nitrogens with two attached hydrogens (primary N) is 2. The molecular formula is C31H52N10O8. The lowest BCUT2D eigenvalue weighted by Gasteiger charge is -2.20. The van der Waals surface area contributed by atoms with Gasteiger partial charge in [-0.15, -0.1) is 0 Å². The number of benzene rings is 1. The first-order valence-corrected chi connectivity index (χ1v) is 16.8. The highest BCUT2D eigenvalue weighted by atomic mass is 16.7. The van der Waals surface area contributed by atoms with Crippen LogP contribution in [0.4, 0.5) is 0 Å². The summed E-state index contributed by atoms with van der Waals surface area (Å²) < 4.78 is 5.35. The lowest BCUT2D eigenvalue weighted by atomic mass is 10.1. The van der Waals surface area contributed by atoms with Crippen LogP contribution >= 0.6 is 0 Å². The monoisotopic (exact) mass is 692 g/mol. The number of rotatable bonds is 27. The second-order valence-corrected chi connectivity index (χ2v) is 11.4. The van der Waals surface area contributed by atoms with Crippen LogP contribution in [-0.2, 0) is 25.7 Å². The Bertz CT molecular complexity index is 1140. The Balaban J connectivity index is 2.37. The number of ether oxygens (including phenoxy) is 1. The van der Waals surface area contributed by atoms with Gasteiger partial charge in [0, 0.05) is 32.4 Å². The molecule has 0 bridgehead atoms. The first-order chi connectivity index (χ1) is 23.5. The summed E-state index contributed by atoms with van der Waals surface area (Å²) in [4.78, 5) is 58.3. The summed E-state index contributed by atoms with van der Waals surface area (Å²) in [5.74, 6) is -1.30. The maximum atomic E-state index is 12.7. The minimum Gasteiger partial charge on any atom is -0.461 e. The Morgan fingerprint density at radius 3 is 1.55 bits per heavy atom. The second-order valence-electron chi connectivity index (χ2n) is 11.4. The zero-order valence-corrected chi connectivity index (χ0v) is 28.1. The van der Waals surface area contributed by atoms with Crippen LogP contribution in [0, 0.1) is 20.2 Å². The van der Waals surface area contributed by atoms with Crippen LogP contribution in [-0.4, -0.2) is 59.0 Å². The number of nitrogens with zero attached hydrogens (tertiary/aromatic N) is 4. The van der Waals surface area contributed by atoms with Crippen molar-refractivity contribution in [2.75, 3.05) is 13.1 Å². The fourth-order valence-electron chi connectivity index (χ4n) is 4.70. The van der Waals surface area contributed by atoms with Crippen molar-refractivity contribution in [3.8, 4) is 0 Å². The molecule has 0 spiro atoms. The first-order valence-electron chi connectivity index (χ1n) is 16.8. The van der Waals surface area contributed by atoms with Crippen molar-refractivity contribution >= 4 is 29.7 Å². The zero-order chi connectivity index (χ0) is 36.1. The molecule has 0 heterocycles. The van der Waals surface area contributed by atoms with Gasteiger partial charge in [-0.05, 0) is 37.7 Å². The van der Waals surface area contributed by atoms with E-state index in [1.54, 1.807) is 0 Å². The maximum Gasteiger partial charge on any atom is 0.306 e. The van der Waals surface area contributed by atoms with Crippen LogP contribution in [0.15, 0.2) is 40.5 Å². The van der Waals surface area contributed by atoms with Crippen LogP contribution in [0.2, 0.25) is 0 Å². The predicted octanol–water partition coefficient (Wildman–Crippen LogP) is 2.72. The van der Waals surface area contributed by atoms with Gasteiger partial charge in [0.15, 0.2) is 10.1 Å². The molecule has 0 aliphatic rings. The highest BCUT2D eigenvalue weighted by Gasteiger charge is 2.17. The van der Waals surface area contributed by atoms with Crippen LogP contribution in [0.25, 0.3) is 0 Å². The third kappa shape index (κ3) is 25.7. The molecule has 0 atom stereocenters. The van der Waals surface area contributed by atoms with E-state index >= 15 is 0 Å². The molecule has 49 heavy (non-hydrogen) atoms. The van der Waals surface area contributed by atoms with Crippen LogP contribution < -0.4 is 32.7 Å². The number of carbonyl (C=O) groups is 3. The molecule has 0 radical (unpaired) electrons. The average molecular weight is 693 g/mol. The van der Waals surface area contributed by atoms with E-state index in [4.69, 9.17) is 16.2 Å². The number of unbranched alkanes of at least 4 members (excludes halogenated alkanes) is 10. The molecule has 2 amide bonds. The minimum atomic E-state index is -0.855. The molecule has 274 valence electrons. The van der Waals surface area contributed by atoms with Gasteiger partial charge in [0.25, 0.3) is 11.9 Å². The average Bonchev–Trinajstić information content (AvgIpc) is 3.04. The fourth-order valence-corrected chi connectivity index (χ4v) is 4.70. The van der Waals surface area contributed by atoms with Gasteiger partial charge in [0.05, 0.1) is 0 Å². The molecule has 8 N–H and O–H groups in total. The molecule has 0 aliphatic heterocycles. The molecule has 18 heteroatoms. The van der Waals surface area contributed by atoms with Crippen molar-refractivity contribution in [1.82, 2.24) is 21.3 Å². The van der Waals surface area contributed by atoms with E-state index in [0.717, 1.165) is 69.8 Å². The zero-order valence-electron chi connectivity index (χ0n) is 28.1. The number of nitrogens with one attached hydrogen (secondary N) is 4. The van der Waals surface area contributed by atoms with E-state index in [1.165, 1.54) is 0 Å². The highest BCUT2D eigenvalue weighted by Crippen LogP contribution is 2.10. The maximum absolute atomic E-state index is 12.7. The fraction of sp³-hybridized carbons (Fsp3) is 0.645. The van der Waals surface area contributed by atoms with Gasteiger partial charge in [0.2, 0.25) is 11.8 Å². The lowest BCUT2D eigenvalue weighted by Crippen LogP contribution is -2.48. The number of hydrogen-bond acceptors (Lipinski definition) is 8. The van der Waals surface area contributed by atoms with Gasteiger partial charge in [-0.3, -0.25) is 14.4 Å². The van der Waals surface area contributed by atoms with E-state index in [2.05, 4.69) is 31.5 Å². The van der Waals surface area contributed by atoms with E-state index in [1.807, 2.05) is 30.3 Å². The Labute approximate surface area is 286 Å². The van der Waals surface area contributed by atoms with Crippen LogP contribution in [0.5, 0.6) is 0 Å². The Kier molecular flexibility index (Phi) is 23.1. The van der Waals surface area contributed by atoms with Crippen molar-refractivity contribution < 1.29 is 29.2 Å². The molecule has 0 aliphatic carbocycles. The summed E-state index contributed by atoms with van der Waals surface area (Å²) in [6, 6.07) is 9.29. The van der Waals surface area contributed by atoms with Gasteiger partial charge in [-0.1, -0.05) is 81.7 Å². The molecule has 0 saturated heterocycles. The Morgan fingerprint density at radius 2 is 1.10 bits per heavy atom. The smallest absolute Gasteiger partial charge is 0.306 e. The summed E-state index contributed by atoms with van der Waals surface area (Å²) in [6.45, 7) is 1.11. The summed E-state index contributed by atoms with van der Waals surface area (Å²) >= 11 is 0. The van der Waals surface area contributed by atoms with Gasteiger partial charge in [-0.2, -0.15) is 0 Å². The number of nitro groups is 2. The van der Waals surface area contributed by atoms with Crippen molar-refractivity contribution in [1.29, 1.82) is 0 Å². The topological polar surface area (TPSA) is 272 Å². The lowest BCUT2D eigenvalue weighted by molar-refractivity contribution is -0.485. The quantitative estimate of drug-likeness (QED) is 0.0148. The molecule has 0 saturated carbocycles. The van der Waals surface area contributed by atoms with E-state index in [9.17, 15) is 34.6 Å². The van der Waals surface area contributed by atoms with Gasteiger partial charge in [0.1, 0.15) is 23.0 Å². The number of hydrazone groups is 2. The van der Waals surface area contributed by atoms with Crippen LogP contribution in [0.3, 0.4) is 0 Å². The van der Waals surface area contributed by atoms with Crippen molar-refractivity contribution in [3.05, 3.63) is 56.1 Å². The van der Waals surface area contributed by atoms with Gasteiger partial charge >= 0.3 is 5.97 Å². The molecular weight excluding hydrogens is 640 g/mol. The third-order valence-corrected chi connectivity index (χ3v) is 7.20. The van der Waals surface area contributed by atoms with E-state index in [0.29, 0.717) is 25.9 Å². The van der Waals surface area contributed by atoms with Gasteiger partial charge in [-0.25, -0.2) is 20.2 Å². The van der Waals surface area contributed by atoms with E-state index in [-0.39, 0.29) is 56.0 Å². The Hall–Kier alpha value is -5.03. The summed E-state index contributed by atoms with van der Waals surface area (Å²) in [5, 5.41) is 35.8. The third-order valence-electron chi connectivity index (χ3n) is 7.20. The highest BCUT2D eigenvalue weighted by molar-refractivity contribution is 5.79. The molecule has 0 aromatic heterocycles. The number of hydrogen-bond donors (Lipinski definition) is 6. The molecule has 1 aromatic rings. The summed E-state index contributed by atoms with van der Waals surface area (Å²) in [5.41, 5.74) is 11.6.